The minimum Gasteiger partial charge on any atom is -0.379 e. The van der Waals surface area contributed by atoms with Crippen LogP contribution in [-0.2, 0) is 14.8 Å². The second-order valence-electron chi connectivity index (χ2n) is 10.9. The van der Waals surface area contributed by atoms with Gasteiger partial charge in [-0.05, 0) is 55.0 Å². The van der Waals surface area contributed by atoms with Crippen molar-refractivity contribution < 1.29 is 21.9 Å². The van der Waals surface area contributed by atoms with Crippen LogP contribution in [0.1, 0.15) is 18.5 Å². The highest BCUT2D eigenvalue weighted by Crippen LogP contribution is 2.33. The summed E-state index contributed by atoms with van der Waals surface area (Å²) in [5.41, 5.74) is 2.25. The average molecular weight is 677 g/mol. The van der Waals surface area contributed by atoms with Crippen LogP contribution >= 0.6 is 11.6 Å². The van der Waals surface area contributed by atoms with Crippen molar-refractivity contribution in [1.82, 2.24) is 29.4 Å². The first-order valence-electron chi connectivity index (χ1n) is 14.6. The van der Waals surface area contributed by atoms with E-state index in [4.69, 9.17) is 26.3 Å². The van der Waals surface area contributed by atoms with Crippen molar-refractivity contribution in [3.63, 3.8) is 0 Å². The summed E-state index contributed by atoms with van der Waals surface area (Å²) in [7, 11) is -4.29. The van der Waals surface area contributed by atoms with E-state index in [1.54, 1.807) is 24.5 Å². The lowest BCUT2D eigenvalue weighted by Crippen LogP contribution is -2.38. The molecule has 0 radical (unpaired) electrons. The van der Waals surface area contributed by atoms with Crippen LogP contribution in [0.15, 0.2) is 84.3 Å². The molecule has 0 amide bonds. The molecule has 2 N–H and O–H groups in total. The van der Waals surface area contributed by atoms with Gasteiger partial charge < -0.3 is 10.1 Å². The van der Waals surface area contributed by atoms with Gasteiger partial charge in [-0.3, -0.25) is 14.2 Å². The smallest absolute Gasteiger partial charge is 0.263 e. The molecule has 240 valence electrons. The van der Waals surface area contributed by atoms with Crippen LogP contribution in [0.4, 0.5) is 26.0 Å². The van der Waals surface area contributed by atoms with Crippen molar-refractivity contribution in [3.8, 4) is 5.82 Å². The van der Waals surface area contributed by atoms with Crippen LogP contribution in [0.3, 0.4) is 0 Å². The number of pyridine rings is 1. The molecule has 0 spiro atoms. The predicted molar refractivity (Wildman–Crippen MR) is 175 cm³/mol. The molecule has 3 aromatic carbocycles. The Hall–Kier alpha value is -4.76. The fourth-order valence-corrected chi connectivity index (χ4v) is 7.20. The van der Waals surface area contributed by atoms with Gasteiger partial charge in [0.05, 0.1) is 40.5 Å². The Labute approximate surface area is 273 Å². The lowest BCUT2D eigenvalue weighted by atomic mass is 10.0. The first kappa shape index (κ1) is 30.9. The Morgan fingerprint density at radius 2 is 1.74 bits per heavy atom. The molecule has 6 aromatic rings. The molecule has 4 heterocycles. The third-order valence-electron chi connectivity index (χ3n) is 8.07. The number of rotatable bonds is 8. The van der Waals surface area contributed by atoms with Crippen LogP contribution in [0, 0.1) is 11.6 Å². The fourth-order valence-electron chi connectivity index (χ4n) is 5.62. The van der Waals surface area contributed by atoms with E-state index >= 15 is 8.78 Å². The Kier molecular flexibility index (Phi) is 8.18. The molecule has 0 saturated carbocycles. The second kappa shape index (κ2) is 12.4. The normalized spacial score (nSPS) is 14.8. The van der Waals surface area contributed by atoms with E-state index in [9.17, 15) is 8.42 Å². The minimum atomic E-state index is -4.29. The topological polar surface area (TPSA) is 127 Å². The lowest BCUT2D eigenvalue weighted by molar-refractivity contribution is 0.0201. The molecule has 47 heavy (non-hydrogen) atoms. The largest absolute Gasteiger partial charge is 0.379 e. The SMILES string of the molecule is CC(c1cccc2c1ncn2-c1ccc2ncnc(Nc3c(F)ccc(NS(=O)(=O)c4ccccc4Cl)c3F)c2n1)N1CCOCC1. The lowest BCUT2D eigenvalue weighted by Gasteiger charge is -2.32. The van der Waals surface area contributed by atoms with Gasteiger partial charge in [0.25, 0.3) is 10.0 Å². The van der Waals surface area contributed by atoms with E-state index in [1.165, 1.54) is 24.5 Å². The molecule has 1 aliphatic heterocycles. The molecule has 1 fully saturated rings. The van der Waals surface area contributed by atoms with E-state index < -0.39 is 33.0 Å². The number of sulfonamides is 1. The summed E-state index contributed by atoms with van der Waals surface area (Å²) in [6.45, 7) is 5.18. The summed E-state index contributed by atoms with van der Waals surface area (Å²) < 4.78 is 66.2. The zero-order valence-corrected chi connectivity index (χ0v) is 26.4. The standard InChI is InChI=1S/C32H27ClF2N8O3S/c1-19(42-13-15-46-16-14-42)20-5-4-7-25-29(20)38-18-43(25)27-12-11-24-31(39-27)32(37-17-36-24)40-30-22(34)9-10-23(28(30)35)41-47(44,45)26-8-3-2-6-21(26)33/h2-12,17-19,41H,13-16H2,1H3,(H,36,37,40). The summed E-state index contributed by atoms with van der Waals surface area (Å²) in [4.78, 5) is 20.1. The Bertz CT molecular complexity index is 2250. The van der Waals surface area contributed by atoms with Gasteiger partial charge in [-0.15, -0.1) is 0 Å². The zero-order valence-electron chi connectivity index (χ0n) is 24.9. The van der Waals surface area contributed by atoms with Crippen molar-refractivity contribution in [2.24, 2.45) is 0 Å². The monoisotopic (exact) mass is 676 g/mol. The number of para-hydroxylation sites is 1. The number of hydrogen-bond donors (Lipinski definition) is 2. The molecule has 1 atom stereocenters. The van der Waals surface area contributed by atoms with E-state index in [0.717, 1.165) is 41.8 Å². The maximum Gasteiger partial charge on any atom is 0.263 e. The van der Waals surface area contributed by atoms with Crippen molar-refractivity contribution in [2.45, 2.75) is 17.9 Å². The highest BCUT2D eigenvalue weighted by atomic mass is 35.5. The maximum absolute atomic E-state index is 15.7. The number of ether oxygens (including phenoxy) is 1. The number of benzene rings is 3. The molecule has 1 unspecified atom stereocenters. The molecule has 3 aromatic heterocycles. The molecule has 1 saturated heterocycles. The first-order valence-corrected chi connectivity index (χ1v) is 16.5. The number of nitrogens with zero attached hydrogens (tertiary/aromatic N) is 6. The molecule has 0 aliphatic carbocycles. The molecule has 0 bridgehead atoms. The number of fused-ring (bicyclic) bond motifs is 2. The third-order valence-corrected chi connectivity index (χ3v) is 9.94. The van der Waals surface area contributed by atoms with Crippen molar-refractivity contribution in [3.05, 3.63) is 102 Å². The number of halogens is 3. The van der Waals surface area contributed by atoms with E-state index in [2.05, 4.69) is 37.9 Å². The van der Waals surface area contributed by atoms with Crippen LogP contribution in [0.25, 0.3) is 27.9 Å². The molecular formula is C32H27ClF2N8O3S. The summed E-state index contributed by atoms with van der Waals surface area (Å²) >= 11 is 6.05. The van der Waals surface area contributed by atoms with Gasteiger partial charge in [0, 0.05) is 19.1 Å². The molecule has 7 rings (SSSR count). The van der Waals surface area contributed by atoms with Gasteiger partial charge in [0.1, 0.15) is 40.4 Å². The Morgan fingerprint density at radius 1 is 0.936 bits per heavy atom. The Morgan fingerprint density at radius 3 is 2.55 bits per heavy atom. The predicted octanol–water partition coefficient (Wildman–Crippen LogP) is 6.23. The van der Waals surface area contributed by atoms with Crippen LogP contribution in [-0.4, -0.2) is 64.1 Å². The van der Waals surface area contributed by atoms with Gasteiger partial charge in [0.15, 0.2) is 11.6 Å². The van der Waals surface area contributed by atoms with Gasteiger partial charge >= 0.3 is 0 Å². The maximum atomic E-state index is 15.7. The summed E-state index contributed by atoms with van der Waals surface area (Å²) in [5, 5.41) is 2.61. The second-order valence-corrected chi connectivity index (χ2v) is 12.9. The third kappa shape index (κ3) is 5.84. The van der Waals surface area contributed by atoms with Crippen molar-refractivity contribution in [2.75, 3.05) is 36.3 Å². The molecule has 15 heteroatoms. The highest BCUT2D eigenvalue weighted by molar-refractivity contribution is 7.92. The number of imidazole rings is 1. The van der Waals surface area contributed by atoms with E-state index in [-0.39, 0.29) is 27.3 Å². The van der Waals surface area contributed by atoms with Gasteiger partial charge in [0.2, 0.25) is 0 Å². The first-order chi connectivity index (χ1) is 22.7. The van der Waals surface area contributed by atoms with Crippen molar-refractivity contribution >= 4 is 60.9 Å². The van der Waals surface area contributed by atoms with E-state index in [0.29, 0.717) is 24.5 Å². The van der Waals surface area contributed by atoms with Crippen LogP contribution < -0.4 is 10.0 Å². The zero-order chi connectivity index (χ0) is 32.7. The molecule has 11 nitrogen and oxygen atoms in total. The van der Waals surface area contributed by atoms with Gasteiger partial charge in [-0.2, -0.15) is 0 Å². The molecule has 1 aliphatic rings. The van der Waals surface area contributed by atoms with Gasteiger partial charge in [-0.25, -0.2) is 37.1 Å². The minimum absolute atomic E-state index is 0.00631. The number of aromatic nitrogens is 5. The summed E-state index contributed by atoms with van der Waals surface area (Å²) in [6, 6.07) is 17.2. The summed E-state index contributed by atoms with van der Waals surface area (Å²) in [5.74, 6) is -1.68. The number of anilines is 3. The average Bonchev–Trinajstić information content (AvgIpc) is 3.52. The number of morpholine rings is 1. The quantitative estimate of drug-likeness (QED) is 0.193. The number of hydrogen-bond acceptors (Lipinski definition) is 9. The number of nitrogens with one attached hydrogen (secondary N) is 2. The fraction of sp³-hybridized carbons (Fsp3) is 0.188. The Balaban J connectivity index is 1.23. The molecular weight excluding hydrogens is 650 g/mol. The van der Waals surface area contributed by atoms with Crippen LogP contribution in [0.5, 0.6) is 0 Å². The van der Waals surface area contributed by atoms with Gasteiger partial charge in [-0.1, -0.05) is 35.9 Å². The highest BCUT2D eigenvalue weighted by Gasteiger charge is 2.24. The van der Waals surface area contributed by atoms with E-state index in [1.807, 2.05) is 16.7 Å². The van der Waals surface area contributed by atoms with Crippen molar-refractivity contribution in [1.29, 1.82) is 0 Å². The summed E-state index contributed by atoms with van der Waals surface area (Å²) in [6.07, 6.45) is 2.91. The van der Waals surface area contributed by atoms with Crippen LogP contribution in [0.2, 0.25) is 5.02 Å².